The van der Waals surface area contributed by atoms with Crippen LogP contribution in [0.4, 0.5) is 26.3 Å². The Kier molecular flexibility index (Phi) is 10.7. The van der Waals surface area contributed by atoms with Gasteiger partial charge in [-0.1, -0.05) is 36.4 Å². The molecule has 1 aliphatic carbocycles. The van der Waals surface area contributed by atoms with E-state index in [2.05, 4.69) is 16.0 Å². The zero-order valence-corrected chi connectivity index (χ0v) is 24.3. The number of alkyl halides is 3. The first kappa shape index (κ1) is 34.0. The Morgan fingerprint density at radius 1 is 0.804 bits per heavy atom. The molecular formula is C32H30F6N4O4. The molecular weight excluding hydrogens is 618 g/mol. The van der Waals surface area contributed by atoms with E-state index in [0.29, 0.717) is 5.56 Å². The SMILES string of the molecule is O=C(CCc1ccc(F)cc1)NC(CC(=O)NC1(C(F)(F)F)CC1)C(=O)NCCNC(=O)c1cc(-c2ccccc2F)ccc1F. The Morgan fingerprint density at radius 3 is 2.13 bits per heavy atom. The Bertz CT molecular complexity index is 1590. The molecule has 1 fully saturated rings. The summed E-state index contributed by atoms with van der Waals surface area (Å²) in [6, 6.07) is 13.0. The maximum Gasteiger partial charge on any atom is 0.411 e. The van der Waals surface area contributed by atoms with E-state index in [1.807, 2.05) is 5.32 Å². The molecule has 1 saturated carbocycles. The number of carbonyl (C=O) groups excluding carboxylic acids is 4. The van der Waals surface area contributed by atoms with E-state index in [0.717, 1.165) is 6.07 Å². The molecule has 0 heterocycles. The van der Waals surface area contributed by atoms with Crippen LogP contribution in [0.1, 0.15) is 41.6 Å². The molecule has 3 aromatic rings. The molecule has 0 bridgehead atoms. The van der Waals surface area contributed by atoms with Gasteiger partial charge in [-0.05, 0) is 60.7 Å². The van der Waals surface area contributed by atoms with E-state index in [-0.39, 0.29) is 55.5 Å². The van der Waals surface area contributed by atoms with E-state index >= 15 is 0 Å². The quantitative estimate of drug-likeness (QED) is 0.163. The van der Waals surface area contributed by atoms with Crippen LogP contribution in [0.15, 0.2) is 66.7 Å². The zero-order chi connectivity index (χ0) is 33.5. The first-order valence-electron chi connectivity index (χ1n) is 14.3. The van der Waals surface area contributed by atoms with Crippen LogP contribution in [0.5, 0.6) is 0 Å². The largest absolute Gasteiger partial charge is 0.411 e. The lowest BCUT2D eigenvalue weighted by Crippen LogP contribution is -2.53. The second-order valence-corrected chi connectivity index (χ2v) is 10.8. The number of benzene rings is 3. The van der Waals surface area contributed by atoms with Crippen molar-refractivity contribution in [2.45, 2.75) is 49.9 Å². The van der Waals surface area contributed by atoms with Crippen molar-refractivity contribution in [3.63, 3.8) is 0 Å². The molecule has 4 N–H and O–H groups in total. The number of aryl methyl sites for hydroxylation is 1. The topological polar surface area (TPSA) is 116 Å². The van der Waals surface area contributed by atoms with Crippen LogP contribution in [-0.2, 0) is 20.8 Å². The predicted molar refractivity (Wildman–Crippen MR) is 155 cm³/mol. The van der Waals surface area contributed by atoms with E-state index in [9.17, 15) is 45.5 Å². The van der Waals surface area contributed by atoms with Crippen molar-refractivity contribution in [2.75, 3.05) is 13.1 Å². The minimum absolute atomic E-state index is 0.154. The maximum absolute atomic E-state index is 14.4. The third-order valence-electron chi connectivity index (χ3n) is 7.37. The highest BCUT2D eigenvalue weighted by Gasteiger charge is 2.64. The molecule has 0 radical (unpaired) electrons. The minimum Gasteiger partial charge on any atom is -0.353 e. The van der Waals surface area contributed by atoms with Gasteiger partial charge in [0, 0.05) is 25.1 Å². The molecule has 14 heteroatoms. The smallest absolute Gasteiger partial charge is 0.353 e. The second-order valence-electron chi connectivity index (χ2n) is 10.8. The number of hydrogen-bond donors (Lipinski definition) is 4. The highest BCUT2D eigenvalue weighted by Crippen LogP contribution is 2.48. The van der Waals surface area contributed by atoms with Gasteiger partial charge in [0.1, 0.15) is 29.0 Å². The third-order valence-corrected chi connectivity index (χ3v) is 7.37. The molecule has 8 nitrogen and oxygen atoms in total. The lowest BCUT2D eigenvalue weighted by molar-refractivity contribution is -0.170. The molecule has 4 rings (SSSR count). The van der Waals surface area contributed by atoms with Crippen LogP contribution in [0, 0.1) is 17.5 Å². The lowest BCUT2D eigenvalue weighted by Gasteiger charge is -2.23. The van der Waals surface area contributed by atoms with Gasteiger partial charge >= 0.3 is 6.18 Å². The molecule has 46 heavy (non-hydrogen) atoms. The van der Waals surface area contributed by atoms with Crippen LogP contribution in [0.2, 0.25) is 0 Å². The molecule has 244 valence electrons. The molecule has 3 aromatic carbocycles. The average Bonchev–Trinajstić information content (AvgIpc) is 3.80. The summed E-state index contributed by atoms with van der Waals surface area (Å²) in [5, 5.41) is 9.05. The standard InChI is InChI=1S/C32H30F6N4O4/c33-21-9-5-19(6-10-21)7-12-27(43)41-26(18-28(44)42-31(13-14-31)32(36,37)38)30(46)40-16-15-39-29(45)23-17-20(8-11-25(23)35)22-3-1-2-4-24(22)34/h1-6,8-11,17,26H,7,12-16,18H2,(H,39,45)(H,40,46)(H,41,43)(H,42,44). The van der Waals surface area contributed by atoms with E-state index in [1.54, 1.807) is 6.07 Å². The first-order valence-corrected chi connectivity index (χ1v) is 14.3. The fourth-order valence-corrected chi connectivity index (χ4v) is 4.63. The molecule has 1 unspecified atom stereocenters. The normalized spacial score (nSPS) is 14.1. The van der Waals surface area contributed by atoms with Gasteiger partial charge in [0.05, 0.1) is 12.0 Å². The summed E-state index contributed by atoms with van der Waals surface area (Å²) in [6.07, 6.45) is -6.13. The van der Waals surface area contributed by atoms with E-state index < -0.39 is 65.3 Å². The summed E-state index contributed by atoms with van der Waals surface area (Å²) in [6.45, 7) is -0.488. The summed E-state index contributed by atoms with van der Waals surface area (Å²) in [5.41, 5.74) is -1.73. The zero-order valence-electron chi connectivity index (χ0n) is 24.3. The van der Waals surface area contributed by atoms with Crippen LogP contribution in [-0.4, -0.2) is 54.5 Å². The Balaban J connectivity index is 1.34. The number of hydrogen-bond acceptors (Lipinski definition) is 4. The van der Waals surface area contributed by atoms with Crippen molar-refractivity contribution >= 4 is 23.6 Å². The van der Waals surface area contributed by atoms with Gasteiger partial charge in [-0.3, -0.25) is 19.2 Å². The predicted octanol–water partition coefficient (Wildman–Crippen LogP) is 4.34. The Labute approximate surface area is 259 Å². The van der Waals surface area contributed by atoms with Crippen LogP contribution < -0.4 is 21.3 Å². The average molecular weight is 649 g/mol. The molecule has 1 atom stereocenters. The van der Waals surface area contributed by atoms with Gasteiger partial charge in [0.2, 0.25) is 17.7 Å². The first-order chi connectivity index (χ1) is 21.8. The Morgan fingerprint density at radius 2 is 1.48 bits per heavy atom. The van der Waals surface area contributed by atoms with E-state index in [1.165, 1.54) is 54.6 Å². The number of nitrogens with one attached hydrogen (secondary N) is 4. The van der Waals surface area contributed by atoms with Crippen molar-refractivity contribution < 1.29 is 45.5 Å². The second kappa shape index (κ2) is 14.5. The van der Waals surface area contributed by atoms with Gasteiger partial charge in [-0.2, -0.15) is 13.2 Å². The summed E-state index contributed by atoms with van der Waals surface area (Å²) >= 11 is 0. The number of amides is 4. The van der Waals surface area contributed by atoms with Crippen molar-refractivity contribution in [3.05, 3.63) is 95.3 Å². The monoisotopic (exact) mass is 648 g/mol. The molecule has 0 saturated heterocycles. The fourth-order valence-electron chi connectivity index (χ4n) is 4.63. The van der Waals surface area contributed by atoms with Gasteiger partial charge < -0.3 is 21.3 Å². The molecule has 0 aromatic heterocycles. The summed E-state index contributed by atoms with van der Waals surface area (Å²) < 4.78 is 81.7. The fraction of sp³-hybridized carbons (Fsp3) is 0.312. The summed E-state index contributed by atoms with van der Waals surface area (Å²) in [4.78, 5) is 50.7. The third kappa shape index (κ3) is 8.86. The number of rotatable bonds is 13. The molecule has 1 aliphatic rings. The summed E-state index contributed by atoms with van der Waals surface area (Å²) in [5.74, 6) is -5.48. The minimum atomic E-state index is -4.69. The Hall–Kier alpha value is -4.88. The van der Waals surface area contributed by atoms with Gasteiger partial charge in [0.15, 0.2) is 0 Å². The van der Waals surface area contributed by atoms with Crippen LogP contribution >= 0.6 is 0 Å². The molecule has 0 aliphatic heterocycles. The van der Waals surface area contributed by atoms with E-state index in [4.69, 9.17) is 0 Å². The van der Waals surface area contributed by atoms with Crippen molar-refractivity contribution in [3.8, 4) is 11.1 Å². The highest BCUT2D eigenvalue weighted by atomic mass is 19.4. The van der Waals surface area contributed by atoms with Crippen molar-refractivity contribution in [1.29, 1.82) is 0 Å². The van der Waals surface area contributed by atoms with Crippen molar-refractivity contribution in [1.82, 2.24) is 21.3 Å². The van der Waals surface area contributed by atoms with Gasteiger partial charge in [-0.25, -0.2) is 13.2 Å². The van der Waals surface area contributed by atoms with Gasteiger partial charge in [-0.15, -0.1) is 0 Å². The highest BCUT2D eigenvalue weighted by molar-refractivity contribution is 5.96. The summed E-state index contributed by atoms with van der Waals surface area (Å²) in [7, 11) is 0. The van der Waals surface area contributed by atoms with Crippen LogP contribution in [0.3, 0.4) is 0 Å². The van der Waals surface area contributed by atoms with Crippen molar-refractivity contribution in [2.24, 2.45) is 0 Å². The molecule has 0 spiro atoms. The number of halogens is 6. The number of carbonyl (C=O) groups is 4. The maximum atomic E-state index is 14.4. The lowest BCUT2D eigenvalue weighted by atomic mass is 10.0. The van der Waals surface area contributed by atoms with Gasteiger partial charge in [0.25, 0.3) is 5.91 Å². The molecule has 4 amide bonds. The van der Waals surface area contributed by atoms with Crippen LogP contribution in [0.25, 0.3) is 11.1 Å².